The van der Waals surface area contributed by atoms with Crippen molar-refractivity contribution in [1.82, 2.24) is 4.98 Å². The predicted molar refractivity (Wildman–Crippen MR) is 101 cm³/mol. The smallest absolute Gasteiger partial charge is 0.257 e. The van der Waals surface area contributed by atoms with Gasteiger partial charge in [0.05, 0.1) is 17.4 Å². The monoisotopic (exact) mass is 340 g/mol. The molecule has 0 radical (unpaired) electrons. The number of hydrogen-bond donors (Lipinski definition) is 2. The number of nitrogens with one attached hydrogen (secondary N) is 2. The Labute approximate surface area is 148 Å². The Morgan fingerprint density at radius 3 is 2.32 bits per heavy atom. The van der Waals surface area contributed by atoms with Crippen molar-refractivity contribution >= 4 is 28.9 Å². The summed E-state index contributed by atoms with van der Waals surface area (Å²) in [6, 6.07) is 8.81. The van der Waals surface area contributed by atoms with E-state index in [2.05, 4.69) is 27.4 Å². The molecule has 6 nitrogen and oxygen atoms in total. The van der Waals surface area contributed by atoms with E-state index in [1.807, 2.05) is 13.1 Å². The summed E-state index contributed by atoms with van der Waals surface area (Å²) in [5.41, 5.74) is 2.77. The fourth-order valence-electron chi connectivity index (χ4n) is 2.33. The van der Waals surface area contributed by atoms with E-state index >= 15 is 0 Å². The van der Waals surface area contributed by atoms with E-state index in [1.54, 1.807) is 36.7 Å². The average molecular weight is 340 g/mol. The van der Waals surface area contributed by atoms with E-state index < -0.39 is 0 Å². The van der Waals surface area contributed by atoms with Gasteiger partial charge in [-0.05, 0) is 36.8 Å². The molecule has 2 aromatic rings. The van der Waals surface area contributed by atoms with Crippen LogP contribution in [0.5, 0.6) is 0 Å². The number of benzene rings is 1. The largest absolute Gasteiger partial charge is 0.373 e. The van der Waals surface area contributed by atoms with Gasteiger partial charge in [-0.1, -0.05) is 13.3 Å². The zero-order chi connectivity index (χ0) is 18.2. The molecule has 0 aliphatic heterocycles. The minimum absolute atomic E-state index is 0.133. The highest BCUT2D eigenvalue weighted by Gasteiger charge is 2.09. The van der Waals surface area contributed by atoms with Crippen LogP contribution in [0.1, 0.15) is 37.0 Å². The number of anilines is 3. The van der Waals surface area contributed by atoms with Gasteiger partial charge in [-0.3, -0.25) is 14.6 Å². The minimum atomic E-state index is -0.217. The Balaban J connectivity index is 2.04. The molecule has 2 N–H and O–H groups in total. The molecule has 1 aromatic heterocycles. The maximum absolute atomic E-state index is 12.4. The number of amides is 2. The number of carbonyl (C=O) groups excluding carboxylic acids is 2. The number of unbranched alkanes of at least 4 members (excludes halogenated alkanes) is 1. The third-order valence-electron chi connectivity index (χ3n) is 3.74. The molecular formula is C19H24N4O2. The minimum Gasteiger partial charge on any atom is -0.373 e. The Morgan fingerprint density at radius 1 is 1.08 bits per heavy atom. The van der Waals surface area contributed by atoms with Gasteiger partial charge in [0, 0.05) is 38.1 Å². The summed E-state index contributed by atoms with van der Waals surface area (Å²) in [5, 5.41) is 5.52. The predicted octanol–water partition coefficient (Wildman–Crippen LogP) is 3.53. The summed E-state index contributed by atoms with van der Waals surface area (Å²) in [6.45, 7) is 4.52. The number of pyridine rings is 1. The lowest BCUT2D eigenvalue weighted by Crippen LogP contribution is -2.19. The van der Waals surface area contributed by atoms with Crippen LogP contribution in [0, 0.1) is 0 Å². The van der Waals surface area contributed by atoms with Gasteiger partial charge in [0.25, 0.3) is 5.91 Å². The summed E-state index contributed by atoms with van der Waals surface area (Å²) in [7, 11) is 2.00. The van der Waals surface area contributed by atoms with Crippen LogP contribution in [0.25, 0.3) is 0 Å². The van der Waals surface area contributed by atoms with Gasteiger partial charge in [-0.15, -0.1) is 0 Å². The van der Waals surface area contributed by atoms with Gasteiger partial charge in [-0.2, -0.15) is 0 Å². The molecule has 0 fully saturated rings. The molecule has 1 heterocycles. The molecule has 2 rings (SSSR count). The number of aromatic nitrogens is 1. The van der Waals surface area contributed by atoms with Crippen molar-refractivity contribution in [2.24, 2.45) is 0 Å². The summed E-state index contributed by atoms with van der Waals surface area (Å²) >= 11 is 0. The fourth-order valence-corrected chi connectivity index (χ4v) is 2.33. The van der Waals surface area contributed by atoms with Crippen LogP contribution in [-0.4, -0.2) is 30.4 Å². The first-order valence-corrected chi connectivity index (χ1v) is 8.34. The molecule has 0 spiro atoms. The first-order valence-electron chi connectivity index (χ1n) is 8.34. The first kappa shape index (κ1) is 18.4. The average Bonchev–Trinajstić information content (AvgIpc) is 2.61. The molecule has 6 heteroatoms. The van der Waals surface area contributed by atoms with Gasteiger partial charge in [0.15, 0.2) is 0 Å². The third kappa shape index (κ3) is 5.60. The van der Waals surface area contributed by atoms with E-state index in [1.165, 1.54) is 6.92 Å². The van der Waals surface area contributed by atoms with Crippen LogP contribution in [0.4, 0.5) is 17.1 Å². The maximum Gasteiger partial charge on any atom is 0.257 e. The highest BCUT2D eigenvalue weighted by Crippen LogP contribution is 2.17. The van der Waals surface area contributed by atoms with Crippen LogP contribution in [-0.2, 0) is 4.79 Å². The molecule has 1 aromatic carbocycles. The van der Waals surface area contributed by atoms with Crippen LogP contribution in [0.15, 0.2) is 42.7 Å². The maximum atomic E-state index is 12.4. The number of rotatable bonds is 7. The Morgan fingerprint density at radius 2 is 1.72 bits per heavy atom. The van der Waals surface area contributed by atoms with Gasteiger partial charge in [0.1, 0.15) is 0 Å². The van der Waals surface area contributed by atoms with Crippen molar-refractivity contribution in [3.63, 3.8) is 0 Å². The molecule has 0 atom stereocenters. The summed E-state index contributed by atoms with van der Waals surface area (Å²) in [6.07, 6.45) is 5.52. The van der Waals surface area contributed by atoms with E-state index in [-0.39, 0.29) is 11.8 Å². The number of nitrogens with zero attached hydrogens (tertiary/aromatic N) is 2. The van der Waals surface area contributed by atoms with Gasteiger partial charge in [0.2, 0.25) is 5.91 Å². The third-order valence-corrected chi connectivity index (χ3v) is 3.74. The molecule has 0 saturated heterocycles. The first-order chi connectivity index (χ1) is 12.0. The van der Waals surface area contributed by atoms with Crippen LogP contribution >= 0.6 is 0 Å². The lowest BCUT2D eigenvalue weighted by atomic mass is 10.2. The molecule has 0 aliphatic carbocycles. The SMILES string of the molecule is CCCCN(C)c1cncc(C(=O)Nc2ccc(NC(C)=O)cc2)c1. The molecular weight excluding hydrogens is 316 g/mol. The van der Waals surface area contributed by atoms with Crippen molar-refractivity contribution in [2.75, 3.05) is 29.1 Å². The van der Waals surface area contributed by atoms with Crippen molar-refractivity contribution in [3.05, 3.63) is 48.3 Å². The van der Waals surface area contributed by atoms with Crippen LogP contribution < -0.4 is 15.5 Å². The fraction of sp³-hybridized carbons (Fsp3) is 0.316. The van der Waals surface area contributed by atoms with Gasteiger partial charge in [-0.25, -0.2) is 0 Å². The van der Waals surface area contributed by atoms with Crippen LogP contribution in [0.2, 0.25) is 0 Å². The lowest BCUT2D eigenvalue weighted by Gasteiger charge is -2.19. The van der Waals surface area contributed by atoms with Crippen LogP contribution in [0.3, 0.4) is 0 Å². The van der Waals surface area contributed by atoms with Crippen molar-refractivity contribution in [1.29, 1.82) is 0 Å². The van der Waals surface area contributed by atoms with E-state index in [0.717, 1.165) is 25.1 Å². The molecule has 0 unspecified atom stereocenters. The molecule has 0 saturated carbocycles. The lowest BCUT2D eigenvalue weighted by molar-refractivity contribution is -0.114. The molecule has 25 heavy (non-hydrogen) atoms. The van der Waals surface area contributed by atoms with E-state index in [9.17, 15) is 9.59 Å². The van der Waals surface area contributed by atoms with E-state index in [4.69, 9.17) is 0 Å². The normalized spacial score (nSPS) is 10.2. The quantitative estimate of drug-likeness (QED) is 0.808. The topological polar surface area (TPSA) is 74.3 Å². The van der Waals surface area contributed by atoms with Gasteiger partial charge < -0.3 is 15.5 Å². The standard InChI is InChI=1S/C19H24N4O2/c1-4-5-10-23(3)18-11-15(12-20-13-18)19(25)22-17-8-6-16(7-9-17)21-14(2)24/h6-9,11-13H,4-5,10H2,1-3H3,(H,21,24)(H,22,25). The van der Waals surface area contributed by atoms with Crippen molar-refractivity contribution < 1.29 is 9.59 Å². The summed E-state index contributed by atoms with van der Waals surface area (Å²) in [4.78, 5) is 29.7. The second-order valence-corrected chi connectivity index (χ2v) is 5.92. The Bertz CT molecular complexity index is 728. The summed E-state index contributed by atoms with van der Waals surface area (Å²) < 4.78 is 0. The zero-order valence-corrected chi connectivity index (χ0v) is 14.9. The second-order valence-electron chi connectivity index (χ2n) is 5.92. The second kappa shape index (κ2) is 8.82. The zero-order valence-electron chi connectivity index (χ0n) is 14.9. The molecule has 0 bridgehead atoms. The summed E-state index contributed by atoms with van der Waals surface area (Å²) in [5.74, 6) is -0.350. The Kier molecular flexibility index (Phi) is 6.51. The van der Waals surface area contributed by atoms with Gasteiger partial charge >= 0.3 is 0 Å². The van der Waals surface area contributed by atoms with E-state index in [0.29, 0.717) is 16.9 Å². The number of carbonyl (C=O) groups is 2. The highest BCUT2D eigenvalue weighted by molar-refractivity contribution is 6.04. The molecule has 0 aliphatic rings. The van der Waals surface area contributed by atoms with Crippen molar-refractivity contribution in [2.45, 2.75) is 26.7 Å². The Hall–Kier alpha value is -2.89. The van der Waals surface area contributed by atoms with Crippen molar-refractivity contribution in [3.8, 4) is 0 Å². The molecule has 132 valence electrons. The number of hydrogen-bond acceptors (Lipinski definition) is 4. The molecule has 2 amide bonds. The highest BCUT2D eigenvalue weighted by atomic mass is 16.2.